The molecule has 0 fully saturated rings. The van der Waals surface area contributed by atoms with E-state index in [0.29, 0.717) is 12.3 Å². The molecule has 0 spiro atoms. The summed E-state index contributed by atoms with van der Waals surface area (Å²) in [4.78, 5) is 22.2. The first-order valence-electron chi connectivity index (χ1n) is 5.48. The number of hydrogen-bond donors (Lipinski definition) is 2. The maximum atomic E-state index is 11.3. The van der Waals surface area contributed by atoms with Crippen LogP contribution in [0.3, 0.4) is 0 Å². The topological polar surface area (TPSA) is 66.4 Å². The minimum atomic E-state index is -0.855. The molecular formula is C12H21NO3. The number of aliphatic carboxylic acids is 1. The molecular weight excluding hydrogens is 206 g/mol. The van der Waals surface area contributed by atoms with Crippen molar-refractivity contribution in [2.45, 2.75) is 34.1 Å². The monoisotopic (exact) mass is 227 g/mol. The highest BCUT2D eigenvalue weighted by Gasteiger charge is 2.19. The largest absolute Gasteiger partial charge is 0.481 e. The number of nitrogens with one attached hydrogen (secondary N) is 1. The van der Waals surface area contributed by atoms with Gasteiger partial charge in [-0.05, 0) is 26.2 Å². The van der Waals surface area contributed by atoms with E-state index in [0.717, 1.165) is 5.57 Å². The summed E-state index contributed by atoms with van der Waals surface area (Å²) >= 11 is 0. The predicted molar refractivity (Wildman–Crippen MR) is 63.0 cm³/mol. The van der Waals surface area contributed by atoms with Gasteiger partial charge in [0.2, 0.25) is 5.91 Å². The van der Waals surface area contributed by atoms with Crippen molar-refractivity contribution in [3.8, 4) is 0 Å². The summed E-state index contributed by atoms with van der Waals surface area (Å²) in [6, 6.07) is 0. The first-order chi connectivity index (χ1) is 7.32. The van der Waals surface area contributed by atoms with Gasteiger partial charge in [0.25, 0.3) is 0 Å². The van der Waals surface area contributed by atoms with Crippen molar-refractivity contribution in [3.05, 3.63) is 11.6 Å². The molecule has 0 aliphatic rings. The van der Waals surface area contributed by atoms with E-state index < -0.39 is 11.9 Å². The molecule has 92 valence electrons. The molecule has 1 unspecified atom stereocenters. The second-order valence-corrected chi connectivity index (χ2v) is 4.63. The van der Waals surface area contributed by atoms with E-state index in [2.05, 4.69) is 5.32 Å². The molecule has 0 saturated carbocycles. The Morgan fingerprint density at radius 1 is 1.31 bits per heavy atom. The molecule has 16 heavy (non-hydrogen) atoms. The Morgan fingerprint density at radius 3 is 2.25 bits per heavy atom. The highest BCUT2D eigenvalue weighted by molar-refractivity contribution is 5.88. The summed E-state index contributed by atoms with van der Waals surface area (Å²) in [6.07, 6.45) is 2.04. The summed E-state index contributed by atoms with van der Waals surface area (Å²) < 4.78 is 0. The fourth-order valence-electron chi connectivity index (χ4n) is 1.38. The normalized spacial score (nSPS) is 12.1. The average Bonchev–Trinajstić information content (AvgIpc) is 2.09. The zero-order valence-corrected chi connectivity index (χ0v) is 10.4. The maximum absolute atomic E-state index is 11.3. The molecule has 0 saturated heterocycles. The highest BCUT2D eigenvalue weighted by Crippen LogP contribution is 2.11. The van der Waals surface area contributed by atoms with Gasteiger partial charge >= 0.3 is 5.97 Å². The Balaban J connectivity index is 4.17. The van der Waals surface area contributed by atoms with E-state index in [9.17, 15) is 9.59 Å². The molecule has 0 rings (SSSR count). The van der Waals surface area contributed by atoms with Crippen molar-refractivity contribution in [2.75, 3.05) is 6.54 Å². The molecule has 4 heteroatoms. The molecule has 0 bridgehead atoms. The van der Waals surface area contributed by atoms with Crippen LogP contribution in [-0.2, 0) is 9.59 Å². The van der Waals surface area contributed by atoms with Gasteiger partial charge in [-0.1, -0.05) is 19.4 Å². The van der Waals surface area contributed by atoms with E-state index in [1.54, 1.807) is 0 Å². The van der Waals surface area contributed by atoms with Crippen LogP contribution in [0.25, 0.3) is 0 Å². The lowest BCUT2D eigenvalue weighted by atomic mass is 9.97. The lowest BCUT2D eigenvalue weighted by molar-refractivity contribution is -0.142. The van der Waals surface area contributed by atoms with Crippen molar-refractivity contribution in [3.63, 3.8) is 0 Å². The second kappa shape index (κ2) is 7.04. The van der Waals surface area contributed by atoms with E-state index in [-0.39, 0.29) is 12.5 Å². The molecule has 0 aromatic rings. The van der Waals surface area contributed by atoms with Crippen molar-refractivity contribution >= 4 is 11.9 Å². The number of carboxylic acid groups (broad SMARTS) is 1. The van der Waals surface area contributed by atoms with Crippen LogP contribution in [0, 0.1) is 11.8 Å². The second-order valence-electron chi connectivity index (χ2n) is 4.63. The van der Waals surface area contributed by atoms with E-state index in [4.69, 9.17) is 5.11 Å². The third kappa shape index (κ3) is 7.04. The standard InChI is InChI=1S/C12H21NO3/c1-8(2)5-10(12(15)16)7-13-11(14)6-9(3)4/h6,8,10H,5,7H2,1-4H3,(H,13,14)(H,15,16). The maximum Gasteiger partial charge on any atom is 0.308 e. The SMILES string of the molecule is CC(C)=CC(=O)NCC(CC(C)C)C(=O)O. The summed E-state index contributed by atoms with van der Waals surface area (Å²) in [7, 11) is 0. The summed E-state index contributed by atoms with van der Waals surface area (Å²) in [5, 5.41) is 11.6. The van der Waals surface area contributed by atoms with Crippen LogP contribution in [0.2, 0.25) is 0 Å². The highest BCUT2D eigenvalue weighted by atomic mass is 16.4. The molecule has 0 aliphatic carbocycles. The minimum Gasteiger partial charge on any atom is -0.481 e. The Hall–Kier alpha value is -1.32. The zero-order chi connectivity index (χ0) is 12.7. The van der Waals surface area contributed by atoms with Crippen LogP contribution in [0.5, 0.6) is 0 Å². The van der Waals surface area contributed by atoms with Crippen LogP contribution in [0.1, 0.15) is 34.1 Å². The van der Waals surface area contributed by atoms with Gasteiger partial charge in [0.05, 0.1) is 5.92 Å². The average molecular weight is 227 g/mol. The molecule has 0 aromatic carbocycles. The van der Waals surface area contributed by atoms with Crippen molar-refractivity contribution in [1.82, 2.24) is 5.32 Å². The Bertz CT molecular complexity index is 278. The van der Waals surface area contributed by atoms with Crippen molar-refractivity contribution in [2.24, 2.45) is 11.8 Å². The summed E-state index contributed by atoms with van der Waals surface area (Å²) in [5.41, 5.74) is 0.897. The van der Waals surface area contributed by atoms with Gasteiger partial charge in [-0.25, -0.2) is 0 Å². The smallest absolute Gasteiger partial charge is 0.308 e. The number of hydrogen-bond acceptors (Lipinski definition) is 2. The fraction of sp³-hybridized carbons (Fsp3) is 0.667. The quantitative estimate of drug-likeness (QED) is 0.680. The molecule has 1 atom stereocenters. The molecule has 0 radical (unpaired) electrons. The van der Waals surface area contributed by atoms with Gasteiger partial charge in [0.1, 0.15) is 0 Å². The van der Waals surface area contributed by atoms with Gasteiger partial charge in [-0.15, -0.1) is 0 Å². The number of amides is 1. The lowest BCUT2D eigenvalue weighted by Crippen LogP contribution is -2.32. The third-order valence-corrected chi connectivity index (χ3v) is 2.05. The molecule has 1 amide bonds. The molecule has 0 aliphatic heterocycles. The van der Waals surface area contributed by atoms with Gasteiger partial charge < -0.3 is 10.4 Å². The van der Waals surface area contributed by atoms with Gasteiger partial charge in [-0.3, -0.25) is 9.59 Å². The lowest BCUT2D eigenvalue weighted by Gasteiger charge is -2.14. The van der Waals surface area contributed by atoms with E-state index in [1.165, 1.54) is 6.08 Å². The first kappa shape index (κ1) is 14.7. The van der Waals surface area contributed by atoms with E-state index >= 15 is 0 Å². The minimum absolute atomic E-state index is 0.191. The van der Waals surface area contributed by atoms with Crippen LogP contribution < -0.4 is 5.32 Å². The fourth-order valence-corrected chi connectivity index (χ4v) is 1.38. The van der Waals surface area contributed by atoms with E-state index in [1.807, 2.05) is 27.7 Å². The molecule has 2 N–H and O–H groups in total. The Labute approximate surface area is 96.7 Å². The number of allylic oxidation sites excluding steroid dienone is 1. The van der Waals surface area contributed by atoms with Crippen LogP contribution in [-0.4, -0.2) is 23.5 Å². The summed E-state index contributed by atoms with van der Waals surface area (Å²) in [5.74, 6) is -1.28. The van der Waals surface area contributed by atoms with Crippen LogP contribution in [0.4, 0.5) is 0 Å². The first-order valence-corrected chi connectivity index (χ1v) is 5.48. The third-order valence-electron chi connectivity index (χ3n) is 2.05. The van der Waals surface area contributed by atoms with Gasteiger partial charge in [0.15, 0.2) is 0 Å². The molecule has 0 heterocycles. The molecule has 0 aromatic heterocycles. The number of carboxylic acids is 1. The van der Waals surface area contributed by atoms with Gasteiger partial charge in [-0.2, -0.15) is 0 Å². The van der Waals surface area contributed by atoms with Crippen LogP contribution in [0.15, 0.2) is 11.6 Å². The summed E-state index contributed by atoms with van der Waals surface area (Å²) in [6.45, 7) is 7.77. The number of carbonyl (C=O) groups is 2. The van der Waals surface area contributed by atoms with Crippen molar-refractivity contribution in [1.29, 1.82) is 0 Å². The number of rotatable bonds is 6. The zero-order valence-electron chi connectivity index (χ0n) is 10.4. The predicted octanol–water partition coefficient (Wildman–Crippen LogP) is 1.82. The molecule has 4 nitrogen and oxygen atoms in total. The van der Waals surface area contributed by atoms with Gasteiger partial charge in [0, 0.05) is 12.6 Å². The Kier molecular flexibility index (Phi) is 6.46. The van der Waals surface area contributed by atoms with Crippen molar-refractivity contribution < 1.29 is 14.7 Å². The van der Waals surface area contributed by atoms with Crippen LogP contribution >= 0.6 is 0 Å². The Morgan fingerprint density at radius 2 is 1.88 bits per heavy atom. The number of carbonyl (C=O) groups excluding carboxylic acids is 1.